The summed E-state index contributed by atoms with van der Waals surface area (Å²) in [6, 6.07) is -0.780. The van der Waals surface area contributed by atoms with Gasteiger partial charge in [0.2, 0.25) is 17.7 Å². The highest BCUT2D eigenvalue weighted by Crippen LogP contribution is 2.36. The van der Waals surface area contributed by atoms with Crippen LogP contribution in [0.2, 0.25) is 0 Å². The summed E-state index contributed by atoms with van der Waals surface area (Å²) in [5.41, 5.74) is 0. The normalized spacial score (nSPS) is 25.5. The zero-order chi connectivity index (χ0) is 16.3. The van der Waals surface area contributed by atoms with Crippen LogP contribution >= 0.6 is 0 Å². The van der Waals surface area contributed by atoms with Crippen molar-refractivity contribution in [3.8, 4) is 0 Å². The lowest BCUT2D eigenvalue weighted by Gasteiger charge is -2.27. The van der Waals surface area contributed by atoms with Crippen LogP contribution in [0.15, 0.2) is 12.2 Å². The molecule has 2 rings (SSSR count). The van der Waals surface area contributed by atoms with Crippen LogP contribution in [-0.2, 0) is 14.4 Å². The maximum absolute atomic E-state index is 12.6. The van der Waals surface area contributed by atoms with Gasteiger partial charge in [-0.2, -0.15) is 0 Å². The van der Waals surface area contributed by atoms with Gasteiger partial charge >= 0.3 is 0 Å². The number of likely N-dealkylation sites (tertiary alicyclic amines) is 1. The van der Waals surface area contributed by atoms with Crippen LogP contribution in [0.1, 0.15) is 33.1 Å². The predicted octanol–water partition coefficient (Wildman–Crippen LogP) is 0.461. The van der Waals surface area contributed by atoms with Crippen molar-refractivity contribution in [2.75, 3.05) is 13.2 Å². The maximum atomic E-state index is 12.6. The van der Waals surface area contributed by atoms with Gasteiger partial charge in [0.05, 0.1) is 18.4 Å². The summed E-state index contributed by atoms with van der Waals surface area (Å²) in [4.78, 5) is 38.7. The zero-order valence-corrected chi connectivity index (χ0v) is 13.1. The van der Waals surface area contributed by atoms with E-state index in [0.717, 1.165) is 0 Å². The number of nitrogens with one attached hydrogen (secondary N) is 1. The molecule has 0 saturated carbocycles. The van der Waals surface area contributed by atoms with E-state index in [2.05, 4.69) is 5.32 Å². The highest BCUT2D eigenvalue weighted by molar-refractivity contribution is 6.08. The SMILES string of the molecule is CC(C)CC(C(=O)NCCO)N1C(=O)C2CC=CCC2C1=O. The number of carbonyl (C=O) groups is 3. The first-order chi connectivity index (χ1) is 10.5. The van der Waals surface area contributed by atoms with Gasteiger partial charge in [0.25, 0.3) is 0 Å². The van der Waals surface area contributed by atoms with Crippen molar-refractivity contribution >= 4 is 17.7 Å². The van der Waals surface area contributed by atoms with Crippen molar-refractivity contribution in [3.05, 3.63) is 12.2 Å². The Hall–Kier alpha value is -1.69. The molecule has 2 N–H and O–H groups in total. The fourth-order valence-corrected chi connectivity index (χ4v) is 3.21. The van der Waals surface area contributed by atoms with E-state index in [4.69, 9.17) is 5.11 Å². The highest BCUT2D eigenvalue weighted by Gasteiger charge is 2.51. The Balaban J connectivity index is 2.21. The summed E-state index contributed by atoms with van der Waals surface area (Å²) in [5, 5.41) is 11.4. The smallest absolute Gasteiger partial charge is 0.243 e. The topological polar surface area (TPSA) is 86.7 Å². The minimum absolute atomic E-state index is 0.123. The van der Waals surface area contributed by atoms with E-state index in [0.29, 0.717) is 19.3 Å². The number of imide groups is 1. The number of aliphatic hydroxyl groups is 1. The van der Waals surface area contributed by atoms with Crippen LogP contribution in [0.5, 0.6) is 0 Å². The molecule has 6 nitrogen and oxygen atoms in total. The van der Waals surface area contributed by atoms with E-state index in [-0.39, 0.29) is 48.6 Å². The van der Waals surface area contributed by atoms with Gasteiger partial charge < -0.3 is 10.4 Å². The first kappa shape index (κ1) is 16.7. The average Bonchev–Trinajstić information content (AvgIpc) is 2.74. The Kier molecular flexibility index (Phi) is 5.34. The minimum atomic E-state index is -0.780. The number of carbonyl (C=O) groups excluding carboxylic acids is 3. The third-order valence-corrected chi connectivity index (χ3v) is 4.26. The monoisotopic (exact) mass is 308 g/mol. The summed E-state index contributed by atoms with van der Waals surface area (Å²) >= 11 is 0. The number of aliphatic hydroxyl groups excluding tert-OH is 1. The Morgan fingerprint density at radius 1 is 1.27 bits per heavy atom. The van der Waals surface area contributed by atoms with Crippen molar-refractivity contribution < 1.29 is 19.5 Å². The number of nitrogens with zero attached hydrogens (tertiary/aromatic N) is 1. The van der Waals surface area contributed by atoms with E-state index in [1.54, 1.807) is 0 Å². The second-order valence-electron chi connectivity index (χ2n) is 6.36. The van der Waals surface area contributed by atoms with Crippen molar-refractivity contribution in [2.24, 2.45) is 17.8 Å². The molecule has 3 unspecified atom stereocenters. The third-order valence-electron chi connectivity index (χ3n) is 4.26. The second-order valence-corrected chi connectivity index (χ2v) is 6.36. The fourth-order valence-electron chi connectivity index (χ4n) is 3.21. The first-order valence-electron chi connectivity index (χ1n) is 7.87. The Bertz CT molecular complexity index is 461. The molecule has 6 heteroatoms. The maximum Gasteiger partial charge on any atom is 0.243 e. The quantitative estimate of drug-likeness (QED) is 0.551. The Morgan fingerprint density at radius 2 is 1.82 bits per heavy atom. The van der Waals surface area contributed by atoms with Crippen LogP contribution in [0.25, 0.3) is 0 Å². The molecular weight excluding hydrogens is 284 g/mol. The zero-order valence-electron chi connectivity index (χ0n) is 13.1. The van der Waals surface area contributed by atoms with Crippen LogP contribution in [0, 0.1) is 17.8 Å². The summed E-state index contributed by atoms with van der Waals surface area (Å²) < 4.78 is 0. The number of rotatable bonds is 6. The van der Waals surface area contributed by atoms with Gasteiger partial charge in [-0.05, 0) is 25.2 Å². The predicted molar refractivity (Wildman–Crippen MR) is 80.5 cm³/mol. The average molecular weight is 308 g/mol. The molecule has 0 aromatic rings. The van der Waals surface area contributed by atoms with E-state index in [1.165, 1.54) is 4.90 Å². The van der Waals surface area contributed by atoms with Gasteiger partial charge in [-0.25, -0.2) is 0 Å². The molecule has 1 heterocycles. The van der Waals surface area contributed by atoms with Crippen LogP contribution < -0.4 is 5.32 Å². The van der Waals surface area contributed by atoms with Crippen molar-refractivity contribution in [1.29, 1.82) is 0 Å². The van der Waals surface area contributed by atoms with E-state index < -0.39 is 6.04 Å². The van der Waals surface area contributed by atoms with Crippen molar-refractivity contribution in [2.45, 2.75) is 39.2 Å². The fraction of sp³-hybridized carbons (Fsp3) is 0.688. The molecule has 1 saturated heterocycles. The van der Waals surface area contributed by atoms with Gasteiger partial charge in [-0.15, -0.1) is 0 Å². The van der Waals surface area contributed by atoms with E-state index in [1.807, 2.05) is 26.0 Å². The lowest BCUT2D eigenvalue weighted by molar-refractivity contribution is -0.148. The largest absolute Gasteiger partial charge is 0.395 e. The molecule has 3 atom stereocenters. The molecule has 0 spiro atoms. The van der Waals surface area contributed by atoms with Gasteiger partial charge in [0, 0.05) is 6.54 Å². The number of allylic oxidation sites excluding steroid dienone is 2. The Morgan fingerprint density at radius 3 is 2.27 bits per heavy atom. The van der Waals surface area contributed by atoms with Crippen molar-refractivity contribution in [1.82, 2.24) is 10.2 Å². The number of amides is 3. The molecule has 0 aromatic heterocycles. The van der Waals surface area contributed by atoms with Gasteiger partial charge in [-0.3, -0.25) is 19.3 Å². The molecule has 3 amide bonds. The molecule has 1 aliphatic heterocycles. The molecule has 2 aliphatic rings. The van der Waals surface area contributed by atoms with Crippen LogP contribution in [0.4, 0.5) is 0 Å². The molecule has 1 aliphatic carbocycles. The van der Waals surface area contributed by atoms with Crippen LogP contribution in [-0.4, -0.2) is 46.9 Å². The van der Waals surface area contributed by atoms with Crippen LogP contribution in [0.3, 0.4) is 0 Å². The van der Waals surface area contributed by atoms with Gasteiger partial charge in [-0.1, -0.05) is 26.0 Å². The molecule has 0 radical (unpaired) electrons. The second kappa shape index (κ2) is 7.05. The highest BCUT2D eigenvalue weighted by atomic mass is 16.3. The number of fused-ring (bicyclic) bond motifs is 1. The molecule has 0 aromatic carbocycles. The molecule has 1 fully saturated rings. The lowest BCUT2D eigenvalue weighted by Crippen LogP contribution is -2.51. The summed E-state index contributed by atoms with van der Waals surface area (Å²) in [6.07, 6.45) is 5.43. The summed E-state index contributed by atoms with van der Waals surface area (Å²) in [6.45, 7) is 3.85. The summed E-state index contributed by atoms with van der Waals surface area (Å²) in [5.74, 6) is -1.30. The van der Waals surface area contributed by atoms with E-state index in [9.17, 15) is 14.4 Å². The standard InChI is InChI=1S/C16H24N2O4/c1-10(2)9-13(14(20)17-7-8-19)18-15(21)11-5-3-4-6-12(11)16(18)22/h3-4,10-13,19H,5-9H2,1-2H3,(H,17,20). The molecular formula is C16H24N2O4. The lowest BCUT2D eigenvalue weighted by atomic mass is 9.85. The molecule has 122 valence electrons. The third kappa shape index (κ3) is 3.21. The first-order valence-corrected chi connectivity index (χ1v) is 7.87. The number of hydrogen-bond acceptors (Lipinski definition) is 4. The Labute approximate surface area is 130 Å². The molecule has 22 heavy (non-hydrogen) atoms. The molecule has 0 bridgehead atoms. The number of hydrogen-bond donors (Lipinski definition) is 2. The van der Waals surface area contributed by atoms with E-state index >= 15 is 0 Å². The van der Waals surface area contributed by atoms with Crippen molar-refractivity contribution in [3.63, 3.8) is 0 Å². The van der Waals surface area contributed by atoms with Gasteiger partial charge in [0.15, 0.2) is 0 Å². The van der Waals surface area contributed by atoms with Gasteiger partial charge in [0.1, 0.15) is 6.04 Å². The summed E-state index contributed by atoms with van der Waals surface area (Å²) in [7, 11) is 0. The minimum Gasteiger partial charge on any atom is -0.395 e.